The number of hydrogen-bond donors (Lipinski definition) is 3. The SMILES string of the molecule is CCCCCCCC/C=C\CCCCCCCCCC(=O)OCCCCCCCCCCC/C=C\C/C=C\CCCCCCCCCCCCCC(=O)NC(CO)C(O)CCCCCCCCCCCCCCCCCCCCCCCCC. The lowest BCUT2D eigenvalue weighted by atomic mass is 10.0. The third-order valence-corrected chi connectivity index (χ3v) is 17.9. The average Bonchev–Trinajstić information content (AvgIpc) is 3.52. The maximum Gasteiger partial charge on any atom is 0.305 e. The fourth-order valence-electron chi connectivity index (χ4n) is 12.1. The fraction of sp³-hybridized carbons (Fsp3) is 0.897. The van der Waals surface area contributed by atoms with Crippen molar-refractivity contribution in [1.82, 2.24) is 5.32 Å². The molecule has 1 amide bonds. The van der Waals surface area contributed by atoms with E-state index in [9.17, 15) is 19.8 Å². The molecule has 6 nitrogen and oxygen atoms in total. The molecular weight excluding hydrogens is 1030 g/mol. The predicted molar refractivity (Wildman–Crippen MR) is 370 cm³/mol. The third-order valence-electron chi connectivity index (χ3n) is 17.9. The van der Waals surface area contributed by atoms with Gasteiger partial charge in [-0.15, -0.1) is 0 Å². The minimum absolute atomic E-state index is 0.00814. The summed E-state index contributed by atoms with van der Waals surface area (Å²) >= 11 is 0. The summed E-state index contributed by atoms with van der Waals surface area (Å²) in [5, 5.41) is 23.5. The molecule has 3 N–H and O–H groups in total. The molecule has 0 rings (SSSR count). The molecule has 0 aromatic rings. The summed E-state index contributed by atoms with van der Waals surface area (Å²) in [6.45, 7) is 4.99. The molecule has 0 saturated heterocycles. The van der Waals surface area contributed by atoms with Gasteiger partial charge in [0.25, 0.3) is 0 Å². The van der Waals surface area contributed by atoms with Crippen LogP contribution in [0.4, 0.5) is 0 Å². The highest BCUT2D eigenvalue weighted by molar-refractivity contribution is 5.76. The summed E-state index contributed by atoms with van der Waals surface area (Å²) in [5.74, 6) is -0.0253. The molecule has 0 radical (unpaired) electrons. The Labute approximate surface area is 525 Å². The van der Waals surface area contributed by atoms with E-state index in [0.29, 0.717) is 25.9 Å². The number of esters is 1. The van der Waals surface area contributed by atoms with Gasteiger partial charge < -0.3 is 20.3 Å². The molecule has 0 saturated carbocycles. The van der Waals surface area contributed by atoms with Gasteiger partial charge in [-0.1, -0.05) is 365 Å². The Hall–Kier alpha value is -1.92. The molecule has 0 fully saturated rings. The number of carbonyl (C=O) groups is 2. The monoisotopic (exact) mass is 1180 g/mol. The minimum atomic E-state index is -0.668. The lowest BCUT2D eigenvalue weighted by molar-refractivity contribution is -0.143. The first-order valence-electron chi connectivity index (χ1n) is 38.2. The molecular formula is C78H149NO5. The van der Waals surface area contributed by atoms with Gasteiger partial charge in [-0.2, -0.15) is 0 Å². The second kappa shape index (κ2) is 73.5. The van der Waals surface area contributed by atoms with Crippen LogP contribution in [0.2, 0.25) is 0 Å². The van der Waals surface area contributed by atoms with Gasteiger partial charge in [-0.3, -0.25) is 9.59 Å². The van der Waals surface area contributed by atoms with Crippen LogP contribution in [0.25, 0.3) is 0 Å². The zero-order chi connectivity index (χ0) is 60.6. The van der Waals surface area contributed by atoms with Gasteiger partial charge in [-0.05, 0) is 83.5 Å². The summed E-state index contributed by atoms with van der Waals surface area (Å²) in [4.78, 5) is 24.7. The van der Waals surface area contributed by atoms with Crippen molar-refractivity contribution in [2.45, 2.75) is 437 Å². The van der Waals surface area contributed by atoms with Crippen LogP contribution in [0.15, 0.2) is 36.5 Å². The number of amides is 1. The largest absolute Gasteiger partial charge is 0.466 e. The quantitative estimate of drug-likeness (QED) is 0.0320. The van der Waals surface area contributed by atoms with Gasteiger partial charge in [0.05, 0.1) is 25.4 Å². The van der Waals surface area contributed by atoms with Crippen molar-refractivity contribution in [3.63, 3.8) is 0 Å². The van der Waals surface area contributed by atoms with Crippen molar-refractivity contribution in [2.75, 3.05) is 13.2 Å². The topological polar surface area (TPSA) is 95.9 Å². The van der Waals surface area contributed by atoms with Gasteiger partial charge in [0.1, 0.15) is 0 Å². The number of allylic oxidation sites excluding steroid dienone is 6. The molecule has 0 heterocycles. The molecule has 0 aromatic carbocycles. The Morgan fingerprint density at radius 2 is 0.595 bits per heavy atom. The number of unbranched alkanes of at least 4 members (excludes halogenated alkanes) is 55. The van der Waals surface area contributed by atoms with E-state index in [0.717, 1.165) is 51.4 Å². The second-order valence-corrected chi connectivity index (χ2v) is 26.3. The highest BCUT2D eigenvalue weighted by atomic mass is 16.5. The van der Waals surface area contributed by atoms with Crippen LogP contribution in [-0.2, 0) is 14.3 Å². The van der Waals surface area contributed by atoms with Crippen molar-refractivity contribution in [3.05, 3.63) is 36.5 Å². The van der Waals surface area contributed by atoms with Gasteiger partial charge in [-0.25, -0.2) is 0 Å². The molecule has 0 spiro atoms. The number of aliphatic hydroxyl groups excluding tert-OH is 2. The Morgan fingerprint density at radius 3 is 0.917 bits per heavy atom. The van der Waals surface area contributed by atoms with E-state index in [1.54, 1.807) is 0 Å². The van der Waals surface area contributed by atoms with Gasteiger partial charge in [0.15, 0.2) is 0 Å². The van der Waals surface area contributed by atoms with Crippen LogP contribution >= 0.6 is 0 Å². The van der Waals surface area contributed by atoms with E-state index >= 15 is 0 Å². The van der Waals surface area contributed by atoms with Crippen molar-refractivity contribution in [1.29, 1.82) is 0 Å². The predicted octanol–water partition coefficient (Wildman–Crippen LogP) is 25.0. The van der Waals surface area contributed by atoms with Crippen LogP contribution < -0.4 is 5.32 Å². The Bertz CT molecular complexity index is 1360. The normalized spacial score (nSPS) is 12.7. The Kier molecular flexibility index (Phi) is 71.9. The molecule has 0 aromatic heterocycles. The number of aliphatic hydroxyl groups is 2. The summed E-state index contributed by atoms with van der Waals surface area (Å²) in [6, 6.07) is -0.546. The first-order valence-corrected chi connectivity index (χ1v) is 38.2. The smallest absolute Gasteiger partial charge is 0.305 e. The van der Waals surface area contributed by atoms with Crippen molar-refractivity contribution >= 4 is 11.9 Å². The molecule has 0 aliphatic heterocycles. The number of nitrogens with one attached hydrogen (secondary N) is 1. The third kappa shape index (κ3) is 69.2. The molecule has 6 heteroatoms. The van der Waals surface area contributed by atoms with Crippen LogP contribution in [0.3, 0.4) is 0 Å². The van der Waals surface area contributed by atoms with Crippen LogP contribution in [0.5, 0.6) is 0 Å². The van der Waals surface area contributed by atoms with Crippen molar-refractivity contribution < 1.29 is 24.5 Å². The zero-order valence-electron chi connectivity index (χ0n) is 56.9. The maximum absolute atomic E-state index is 12.6. The Morgan fingerprint density at radius 1 is 0.333 bits per heavy atom. The lowest BCUT2D eigenvalue weighted by Crippen LogP contribution is -2.45. The van der Waals surface area contributed by atoms with Crippen LogP contribution in [0, 0.1) is 0 Å². The summed E-state index contributed by atoms with van der Waals surface area (Å²) < 4.78 is 5.50. The van der Waals surface area contributed by atoms with Crippen LogP contribution in [-0.4, -0.2) is 47.4 Å². The first-order chi connectivity index (χ1) is 41.5. The average molecular weight is 1180 g/mol. The van der Waals surface area contributed by atoms with Gasteiger partial charge in [0.2, 0.25) is 5.91 Å². The molecule has 0 aliphatic carbocycles. The summed E-state index contributed by atoms with van der Waals surface area (Å²) in [7, 11) is 0. The van der Waals surface area contributed by atoms with E-state index in [4.69, 9.17) is 4.74 Å². The molecule has 2 atom stereocenters. The number of rotatable bonds is 72. The lowest BCUT2D eigenvalue weighted by Gasteiger charge is -2.22. The highest BCUT2D eigenvalue weighted by Gasteiger charge is 2.20. The second-order valence-electron chi connectivity index (χ2n) is 26.3. The van der Waals surface area contributed by atoms with E-state index in [-0.39, 0.29) is 18.5 Å². The van der Waals surface area contributed by atoms with E-state index < -0.39 is 12.1 Å². The molecule has 0 aliphatic rings. The minimum Gasteiger partial charge on any atom is -0.466 e. The summed E-state index contributed by atoms with van der Waals surface area (Å²) in [6.07, 6.45) is 95.0. The highest BCUT2D eigenvalue weighted by Crippen LogP contribution is 2.19. The standard InChI is InChI=1S/C78H149NO5/c1-3-5-7-9-11-13-15-17-19-21-22-23-29-32-35-39-42-46-50-54-58-62-66-70-76(81)75(74-80)79-77(82)71-67-63-59-55-51-47-43-40-36-33-30-27-25-24-26-28-31-34-37-41-45-49-53-57-61-65-69-73-84-78(83)72-68-64-60-56-52-48-44-38-20-18-16-14-12-10-8-6-4-2/h18,20,24-25,28,31,75-76,80-81H,3-17,19,21-23,26-27,29-30,32-74H2,1-2H3,(H,79,82)/b20-18-,25-24-,31-28-. The molecule has 2 unspecified atom stereocenters. The van der Waals surface area contributed by atoms with Crippen LogP contribution in [0.1, 0.15) is 425 Å². The summed E-state index contributed by atoms with van der Waals surface area (Å²) in [5.41, 5.74) is 0. The van der Waals surface area contributed by atoms with E-state index in [1.165, 1.54) is 340 Å². The first kappa shape index (κ1) is 82.1. The number of carbonyl (C=O) groups excluding carboxylic acids is 2. The van der Waals surface area contributed by atoms with E-state index in [2.05, 4.69) is 55.6 Å². The van der Waals surface area contributed by atoms with Gasteiger partial charge in [0, 0.05) is 12.8 Å². The number of hydrogen-bond acceptors (Lipinski definition) is 5. The van der Waals surface area contributed by atoms with Crippen molar-refractivity contribution in [2.24, 2.45) is 0 Å². The van der Waals surface area contributed by atoms with Crippen molar-refractivity contribution in [3.8, 4) is 0 Å². The zero-order valence-corrected chi connectivity index (χ0v) is 56.9. The number of ether oxygens (including phenoxy) is 1. The fourth-order valence-corrected chi connectivity index (χ4v) is 12.1. The molecule has 496 valence electrons. The van der Waals surface area contributed by atoms with Gasteiger partial charge >= 0.3 is 5.97 Å². The molecule has 0 bridgehead atoms. The van der Waals surface area contributed by atoms with E-state index in [1.807, 2.05) is 0 Å². The molecule has 84 heavy (non-hydrogen) atoms. The Balaban J connectivity index is 3.41. The maximum atomic E-state index is 12.6.